The standard InChI is InChI=1S/C4H7NO3/c1-2-3(6)8-4(7)5-2/h2-3,6H,1H3,(H,5,7). The van der Waals surface area contributed by atoms with Gasteiger partial charge in [0.15, 0.2) is 0 Å². The van der Waals surface area contributed by atoms with Gasteiger partial charge in [0.05, 0.1) is 6.04 Å². The number of hydrogen-bond donors (Lipinski definition) is 2. The van der Waals surface area contributed by atoms with Gasteiger partial charge in [-0.25, -0.2) is 4.79 Å². The molecule has 8 heavy (non-hydrogen) atoms. The van der Waals surface area contributed by atoms with E-state index in [1.54, 1.807) is 6.92 Å². The molecule has 1 heterocycles. The van der Waals surface area contributed by atoms with Crippen LogP contribution in [-0.4, -0.2) is 23.5 Å². The van der Waals surface area contributed by atoms with E-state index in [1.807, 2.05) is 0 Å². The molecule has 1 fully saturated rings. The van der Waals surface area contributed by atoms with Gasteiger partial charge in [-0.2, -0.15) is 0 Å². The van der Waals surface area contributed by atoms with Crippen LogP contribution in [0.5, 0.6) is 0 Å². The molecule has 0 spiro atoms. The summed E-state index contributed by atoms with van der Waals surface area (Å²) in [7, 11) is 0. The molecule has 0 aromatic rings. The molecule has 4 heteroatoms. The zero-order valence-electron chi connectivity index (χ0n) is 4.42. The third-order valence-electron chi connectivity index (χ3n) is 1.00. The van der Waals surface area contributed by atoms with Gasteiger partial charge in [-0.05, 0) is 6.92 Å². The maximum Gasteiger partial charge on any atom is 0.409 e. The second-order valence-electron chi connectivity index (χ2n) is 1.73. The van der Waals surface area contributed by atoms with Crippen LogP contribution in [0.15, 0.2) is 0 Å². The Balaban J connectivity index is 2.51. The Hall–Kier alpha value is -0.770. The Morgan fingerprint density at radius 1 is 1.88 bits per heavy atom. The molecule has 2 N–H and O–H groups in total. The lowest BCUT2D eigenvalue weighted by atomic mass is 10.4. The highest BCUT2D eigenvalue weighted by Gasteiger charge is 2.27. The van der Waals surface area contributed by atoms with Crippen LogP contribution in [0.25, 0.3) is 0 Å². The lowest BCUT2D eigenvalue weighted by Gasteiger charge is -2.01. The zero-order chi connectivity index (χ0) is 6.15. The number of aliphatic hydroxyl groups excluding tert-OH is 1. The van der Waals surface area contributed by atoms with Gasteiger partial charge in [0.25, 0.3) is 0 Å². The van der Waals surface area contributed by atoms with Crippen molar-refractivity contribution >= 4 is 6.09 Å². The number of amides is 1. The first-order chi connectivity index (χ1) is 3.70. The number of carbonyl (C=O) groups excluding carboxylic acids is 1. The first-order valence-corrected chi connectivity index (χ1v) is 2.35. The van der Waals surface area contributed by atoms with Gasteiger partial charge in [-0.3, -0.25) is 0 Å². The molecule has 2 atom stereocenters. The van der Waals surface area contributed by atoms with E-state index in [2.05, 4.69) is 10.1 Å². The second-order valence-corrected chi connectivity index (χ2v) is 1.73. The highest BCUT2D eigenvalue weighted by molar-refractivity contribution is 5.69. The third kappa shape index (κ3) is 0.742. The lowest BCUT2D eigenvalue weighted by molar-refractivity contribution is -0.0317. The van der Waals surface area contributed by atoms with Crippen LogP contribution in [-0.2, 0) is 4.74 Å². The van der Waals surface area contributed by atoms with E-state index in [-0.39, 0.29) is 6.04 Å². The van der Waals surface area contributed by atoms with Crippen LogP contribution in [0.4, 0.5) is 4.79 Å². The van der Waals surface area contributed by atoms with Gasteiger partial charge in [0.2, 0.25) is 6.29 Å². The Bertz CT molecular complexity index is 102. The minimum absolute atomic E-state index is 0.275. The number of ether oxygens (including phenoxy) is 1. The second kappa shape index (κ2) is 1.63. The fourth-order valence-corrected chi connectivity index (χ4v) is 0.503. The molecule has 1 saturated heterocycles. The van der Waals surface area contributed by atoms with E-state index >= 15 is 0 Å². The van der Waals surface area contributed by atoms with Gasteiger partial charge in [-0.1, -0.05) is 0 Å². The number of rotatable bonds is 0. The maximum absolute atomic E-state index is 10.2. The predicted octanol–water partition coefficient (Wildman–Crippen LogP) is -0.567. The summed E-state index contributed by atoms with van der Waals surface area (Å²) in [5.41, 5.74) is 0. The number of aliphatic hydroxyl groups is 1. The molecule has 0 aliphatic carbocycles. The summed E-state index contributed by atoms with van der Waals surface area (Å²) in [6.07, 6.45) is -1.52. The average molecular weight is 117 g/mol. The number of carbonyl (C=O) groups is 1. The number of nitrogens with one attached hydrogen (secondary N) is 1. The summed E-state index contributed by atoms with van der Waals surface area (Å²) >= 11 is 0. The van der Waals surface area contributed by atoms with Gasteiger partial charge in [-0.15, -0.1) is 0 Å². The molecule has 2 unspecified atom stereocenters. The van der Waals surface area contributed by atoms with E-state index in [9.17, 15) is 4.79 Å². The molecule has 1 amide bonds. The fraction of sp³-hybridized carbons (Fsp3) is 0.750. The monoisotopic (exact) mass is 117 g/mol. The molecule has 1 aliphatic rings. The minimum atomic E-state index is -0.970. The number of hydrogen-bond acceptors (Lipinski definition) is 3. The van der Waals surface area contributed by atoms with E-state index in [1.165, 1.54) is 0 Å². The quantitative estimate of drug-likeness (QED) is 0.447. The molecule has 0 saturated carbocycles. The summed E-state index contributed by atoms with van der Waals surface area (Å²) in [6.45, 7) is 1.66. The Labute approximate surface area is 46.4 Å². The van der Waals surface area contributed by atoms with Crippen molar-refractivity contribution in [3.63, 3.8) is 0 Å². The molecule has 46 valence electrons. The Morgan fingerprint density at radius 3 is 2.62 bits per heavy atom. The van der Waals surface area contributed by atoms with Crippen molar-refractivity contribution in [1.29, 1.82) is 0 Å². The van der Waals surface area contributed by atoms with Crippen molar-refractivity contribution in [2.75, 3.05) is 0 Å². The molecule has 1 rings (SSSR count). The van der Waals surface area contributed by atoms with E-state index in [0.717, 1.165) is 0 Å². The molecule has 0 aromatic heterocycles. The summed E-state index contributed by atoms with van der Waals surface area (Å²) in [6, 6.07) is -0.275. The lowest BCUT2D eigenvalue weighted by Crippen LogP contribution is -2.27. The van der Waals surface area contributed by atoms with Crippen LogP contribution < -0.4 is 5.32 Å². The largest absolute Gasteiger partial charge is 0.418 e. The molecule has 0 aromatic carbocycles. The van der Waals surface area contributed by atoms with Crippen LogP contribution in [0.3, 0.4) is 0 Å². The van der Waals surface area contributed by atoms with Crippen LogP contribution in [0, 0.1) is 0 Å². The van der Waals surface area contributed by atoms with Gasteiger partial charge in [0.1, 0.15) is 0 Å². The highest BCUT2D eigenvalue weighted by atomic mass is 16.7. The predicted molar refractivity (Wildman–Crippen MR) is 25.1 cm³/mol. The molecular formula is C4H7NO3. The molecule has 1 aliphatic heterocycles. The van der Waals surface area contributed by atoms with Crippen molar-refractivity contribution in [2.45, 2.75) is 19.3 Å². The van der Waals surface area contributed by atoms with Crippen molar-refractivity contribution in [3.8, 4) is 0 Å². The summed E-state index contributed by atoms with van der Waals surface area (Å²) in [4.78, 5) is 10.2. The molecular weight excluding hydrogens is 110 g/mol. The summed E-state index contributed by atoms with van der Waals surface area (Å²) in [5.74, 6) is 0. The molecule has 4 nitrogen and oxygen atoms in total. The van der Waals surface area contributed by atoms with Crippen molar-refractivity contribution in [2.24, 2.45) is 0 Å². The average Bonchev–Trinajstić information content (AvgIpc) is 1.85. The van der Waals surface area contributed by atoms with E-state index in [4.69, 9.17) is 5.11 Å². The van der Waals surface area contributed by atoms with Crippen molar-refractivity contribution < 1.29 is 14.6 Å². The maximum atomic E-state index is 10.2. The van der Waals surface area contributed by atoms with Gasteiger partial charge in [0, 0.05) is 0 Å². The smallest absolute Gasteiger partial charge is 0.409 e. The number of alkyl carbamates (subject to hydrolysis) is 1. The molecule has 0 bridgehead atoms. The first-order valence-electron chi connectivity index (χ1n) is 2.35. The fourth-order valence-electron chi connectivity index (χ4n) is 0.503. The Morgan fingerprint density at radius 2 is 2.50 bits per heavy atom. The van der Waals surface area contributed by atoms with Crippen molar-refractivity contribution in [3.05, 3.63) is 0 Å². The first kappa shape index (κ1) is 5.37. The van der Waals surface area contributed by atoms with Crippen LogP contribution in [0.2, 0.25) is 0 Å². The minimum Gasteiger partial charge on any atom is -0.418 e. The highest BCUT2D eigenvalue weighted by Crippen LogP contribution is 2.02. The Kier molecular flexibility index (Phi) is 1.09. The molecule has 0 radical (unpaired) electrons. The summed E-state index contributed by atoms with van der Waals surface area (Å²) in [5, 5.41) is 11.0. The third-order valence-corrected chi connectivity index (χ3v) is 1.00. The van der Waals surface area contributed by atoms with Gasteiger partial charge >= 0.3 is 6.09 Å². The normalized spacial score (nSPS) is 36.5. The van der Waals surface area contributed by atoms with Gasteiger partial charge < -0.3 is 15.2 Å². The number of cyclic esters (lactones) is 1. The topological polar surface area (TPSA) is 58.6 Å². The van der Waals surface area contributed by atoms with E-state index < -0.39 is 12.4 Å². The van der Waals surface area contributed by atoms with Crippen LogP contribution >= 0.6 is 0 Å². The SMILES string of the molecule is CC1NC(=O)OC1O. The summed E-state index contributed by atoms with van der Waals surface area (Å²) < 4.78 is 4.28. The van der Waals surface area contributed by atoms with E-state index in [0.29, 0.717) is 0 Å². The van der Waals surface area contributed by atoms with Crippen LogP contribution in [0.1, 0.15) is 6.92 Å². The van der Waals surface area contributed by atoms with Crippen molar-refractivity contribution in [1.82, 2.24) is 5.32 Å². The zero-order valence-corrected chi connectivity index (χ0v) is 4.42.